The summed E-state index contributed by atoms with van der Waals surface area (Å²) in [5.41, 5.74) is 8.55. The van der Waals surface area contributed by atoms with Gasteiger partial charge in [0.2, 0.25) is 0 Å². The zero-order valence-electron chi connectivity index (χ0n) is 10.8. The highest BCUT2D eigenvalue weighted by Crippen LogP contribution is 2.13. The summed E-state index contributed by atoms with van der Waals surface area (Å²) in [6.45, 7) is 1.78. The van der Waals surface area contributed by atoms with Crippen LogP contribution in [0.5, 0.6) is 0 Å². The SMILES string of the molecule is Cc1cc(F)cc(C(=O)CCc2ccc(N)cc2)c1. The molecule has 0 radical (unpaired) electrons. The third kappa shape index (κ3) is 3.65. The Labute approximate surface area is 112 Å². The lowest BCUT2D eigenvalue weighted by Gasteiger charge is -2.04. The van der Waals surface area contributed by atoms with Crippen LogP contribution in [0.3, 0.4) is 0 Å². The molecule has 0 heterocycles. The number of Topliss-reactive ketones (excluding diaryl/α,β-unsaturated/α-hetero) is 1. The van der Waals surface area contributed by atoms with E-state index in [-0.39, 0.29) is 11.6 Å². The van der Waals surface area contributed by atoms with Crippen molar-refractivity contribution in [3.05, 3.63) is 65.0 Å². The molecule has 0 atom stereocenters. The van der Waals surface area contributed by atoms with Crippen molar-refractivity contribution in [3.63, 3.8) is 0 Å². The van der Waals surface area contributed by atoms with E-state index in [9.17, 15) is 9.18 Å². The van der Waals surface area contributed by atoms with Gasteiger partial charge in [-0.1, -0.05) is 12.1 Å². The number of carbonyl (C=O) groups is 1. The molecule has 0 bridgehead atoms. The fraction of sp³-hybridized carbons (Fsp3) is 0.188. The van der Waals surface area contributed by atoms with Crippen LogP contribution in [0.2, 0.25) is 0 Å². The third-order valence-electron chi connectivity index (χ3n) is 2.98. The molecule has 0 amide bonds. The number of rotatable bonds is 4. The van der Waals surface area contributed by atoms with Gasteiger partial charge in [0.05, 0.1) is 0 Å². The summed E-state index contributed by atoms with van der Waals surface area (Å²) < 4.78 is 13.2. The second-order valence-corrected chi connectivity index (χ2v) is 4.68. The smallest absolute Gasteiger partial charge is 0.163 e. The van der Waals surface area contributed by atoms with Gasteiger partial charge in [-0.3, -0.25) is 4.79 Å². The summed E-state index contributed by atoms with van der Waals surface area (Å²) >= 11 is 0. The third-order valence-corrected chi connectivity index (χ3v) is 2.98. The van der Waals surface area contributed by atoms with Crippen LogP contribution in [0, 0.1) is 12.7 Å². The summed E-state index contributed by atoms with van der Waals surface area (Å²) in [6, 6.07) is 11.8. The van der Waals surface area contributed by atoms with Crippen molar-refractivity contribution in [1.29, 1.82) is 0 Å². The quantitative estimate of drug-likeness (QED) is 0.672. The molecule has 19 heavy (non-hydrogen) atoms. The van der Waals surface area contributed by atoms with Crippen molar-refractivity contribution in [2.45, 2.75) is 19.8 Å². The van der Waals surface area contributed by atoms with Gasteiger partial charge in [0.25, 0.3) is 0 Å². The van der Waals surface area contributed by atoms with Crippen molar-refractivity contribution >= 4 is 11.5 Å². The highest BCUT2D eigenvalue weighted by atomic mass is 19.1. The Morgan fingerprint density at radius 1 is 1.16 bits per heavy atom. The number of anilines is 1. The van der Waals surface area contributed by atoms with Crippen molar-refractivity contribution in [2.24, 2.45) is 0 Å². The lowest BCUT2D eigenvalue weighted by atomic mass is 10.0. The zero-order valence-corrected chi connectivity index (χ0v) is 10.8. The molecule has 3 heteroatoms. The van der Waals surface area contributed by atoms with Crippen LogP contribution in [0.15, 0.2) is 42.5 Å². The van der Waals surface area contributed by atoms with Crippen LogP contribution in [0.25, 0.3) is 0 Å². The van der Waals surface area contributed by atoms with Crippen molar-refractivity contribution in [3.8, 4) is 0 Å². The lowest BCUT2D eigenvalue weighted by Crippen LogP contribution is -2.02. The van der Waals surface area contributed by atoms with Gasteiger partial charge in [-0.25, -0.2) is 4.39 Å². The average molecular weight is 257 g/mol. The monoisotopic (exact) mass is 257 g/mol. The molecule has 2 aromatic carbocycles. The number of carbonyl (C=O) groups excluding carboxylic acids is 1. The molecule has 0 unspecified atom stereocenters. The van der Waals surface area contributed by atoms with Crippen LogP contribution in [-0.4, -0.2) is 5.78 Å². The Morgan fingerprint density at radius 3 is 2.47 bits per heavy atom. The van der Waals surface area contributed by atoms with E-state index in [1.165, 1.54) is 12.1 Å². The molecule has 0 fully saturated rings. The van der Waals surface area contributed by atoms with Crippen molar-refractivity contribution in [2.75, 3.05) is 5.73 Å². The topological polar surface area (TPSA) is 43.1 Å². The molecule has 98 valence electrons. The van der Waals surface area contributed by atoms with Crippen LogP contribution in [-0.2, 0) is 6.42 Å². The Balaban J connectivity index is 2.03. The van der Waals surface area contributed by atoms with Crippen molar-refractivity contribution < 1.29 is 9.18 Å². The van der Waals surface area contributed by atoms with Gasteiger partial charge in [0, 0.05) is 17.7 Å². The summed E-state index contributed by atoms with van der Waals surface area (Å²) in [4.78, 5) is 12.0. The zero-order chi connectivity index (χ0) is 13.8. The van der Waals surface area contributed by atoms with Crippen LogP contribution < -0.4 is 5.73 Å². The maximum atomic E-state index is 13.2. The van der Waals surface area contributed by atoms with E-state index in [2.05, 4.69) is 0 Å². The summed E-state index contributed by atoms with van der Waals surface area (Å²) in [5, 5.41) is 0. The van der Waals surface area contributed by atoms with Crippen LogP contribution in [0.1, 0.15) is 27.9 Å². The number of nitrogens with two attached hydrogens (primary N) is 1. The maximum Gasteiger partial charge on any atom is 0.163 e. The van der Waals surface area contributed by atoms with Gasteiger partial charge < -0.3 is 5.73 Å². The number of hydrogen-bond donors (Lipinski definition) is 1. The first kappa shape index (κ1) is 13.3. The number of hydrogen-bond acceptors (Lipinski definition) is 2. The molecule has 0 spiro atoms. The van der Waals surface area contributed by atoms with E-state index in [1.54, 1.807) is 13.0 Å². The molecule has 2 nitrogen and oxygen atoms in total. The second kappa shape index (κ2) is 5.65. The predicted molar refractivity (Wildman–Crippen MR) is 74.6 cm³/mol. The minimum Gasteiger partial charge on any atom is -0.399 e. The second-order valence-electron chi connectivity index (χ2n) is 4.68. The minimum atomic E-state index is -0.365. The van der Waals surface area contributed by atoms with E-state index >= 15 is 0 Å². The minimum absolute atomic E-state index is 0.0422. The molecule has 2 rings (SSSR count). The van der Waals surface area contributed by atoms with Gasteiger partial charge in [-0.2, -0.15) is 0 Å². The normalized spacial score (nSPS) is 10.4. The molecule has 0 aliphatic heterocycles. The average Bonchev–Trinajstić information content (AvgIpc) is 2.36. The molecule has 0 aromatic heterocycles. The van der Waals surface area contributed by atoms with E-state index in [0.717, 1.165) is 11.1 Å². The van der Waals surface area contributed by atoms with Gasteiger partial charge in [-0.15, -0.1) is 0 Å². The first-order valence-corrected chi connectivity index (χ1v) is 6.19. The fourth-order valence-corrected chi connectivity index (χ4v) is 1.98. The number of ketones is 1. The molecule has 0 aliphatic rings. The molecular formula is C16H16FNO. The molecule has 0 saturated carbocycles. The highest BCUT2D eigenvalue weighted by molar-refractivity contribution is 5.96. The predicted octanol–water partition coefficient (Wildman–Crippen LogP) is 3.53. The summed E-state index contributed by atoms with van der Waals surface area (Å²) in [5.74, 6) is -0.407. The Morgan fingerprint density at radius 2 is 1.84 bits per heavy atom. The standard InChI is InChI=1S/C16H16FNO/c1-11-8-13(10-14(17)9-11)16(19)7-4-12-2-5-15(18)6-3-12/h2-3,5-6,8-10H,4,7,18H2,1H3. The first-order chi connectivity index (χ1) is 9.04. The van der Waals surface area contributed by atoms with Gasteiger partial charge in [0.15, 0.2) is 5.78 Å². The van der Waals surface area contributed by atoms with Gasteiger partial charge in [-0.05, 0) is 54.8 Å². The Kier molecular flexibility index (Phi) is 3.95. The van der Waals surface area contributed by atoms with Gasteiger partial charge in [0.1, 0.15) is 5.82 Å². The Hall–Kier alpha value is -2.16. The molecule has 2 N–H and O–H groups in total. The van der Waals surface area contributed by atoms with Gasteiger partial charge >= 0.3 is 0 Å². The van der Waals surface area contributed by atoms with E-state index in [0.29, 0.717) is 24.1 Å². The first-order valence-electron chi connectivity index (χ1n) is 6.19. The number of benzene rings is 2. The Bertz CT molecular complexity index is 570. The van der Waals surface area contributed by atoms with E-state index < -0.39 is 0 Å². The fourth-order valence-electron chi connectivity index (χ4n) is 1.98. The summed E-state index contributed by atoms with van der Waals surface area (Å²) in [6.07, 6.45) is 1.00. The van der Waals surface area contributed by atoms with Crippen molar-refractivity contribution in [1.82, 2.24) is 0 Å². The molecular weight excluding hydrogens is 241 g/mol. The largest absolute Gasteiger partial charge is 0.399 e. The maximum absolute atomic E-state index is 13.2. The molecule has 0 aliphatic carbocycles. The molecule has 0 saturated heterocycles. The summed E-state index contributed by atoms with van der Waals surface area (Å²) in [7, 11) is 0. The lowest BCUT2D eigenvalue weighted by molar-refractivity contribution is 0.0982. The van der Waals surface area contributed by atoms with Crippen LogP contribution in [0.4, 0.5) is 10.1 Å². The van der Waals surface area contributed by atoms with E-state index in [1.807, 2.05) is 24.3 Å². The number of halogens is 1. The molecule has 2 aromatic rings. The van der Waals surface area contributed by atoms with E-state index in [4.69, 9.17) is 5.73 Å². The number of aryl methyl sites for hydroxylation is 2. The van der Waals surface area contributed by atoms with Crippen LogP contribution >= 0.6 is 0 Å². The number of nitrogen functional groups attached to an aromatic ring is 1. The highest BCUT2D eigenvalue weighted by Gasteiger charge is 2.08.